The number of amides is 1. The molecule has 0 aromatic heterocycles. The Morgan fingerprint density at radius 1 is 1.60 bits per heavy atom. The molecule has 84 valence electrons. The number of nitrogens with one attached hydrogen (secondary N) is 2. The van der Waals surface area contributed by atoms with Crippen molar-refractivity contribution in [1.82, 2.24) is 10.6 Å². The van der Waals surface area contributed by atoms with Crippen LogP contribution in [-0.2, 0) is 4.74 Å². The number of hydrogen-bond donors (Lipinski definition) is 2. The average molecular weight is 210 g/mol. The Bertz CT molecular complexity index is 316. The highest BCUT2D eigenvalue weighted by atomic mass is 16.6. The molecule has 1 aliphatic heterocycles. The smallest absolute Gasteiger partial charge is 0.412 e. The molecule has 1 aliphatic rings. The first-order valence-corrected chi connectivity index (χ1v) is 5.13. The van der Waals surface area contributed by atoms with Crippen molar-refractivity contribution in [3.05, 3.63) is 17.1 Å². The van der Waals surface area contributed by atoms with Crippen LogP contribution in [0.5, 0.6) is 0 Å². The molecule has 0 fully saturated rings. The van der Waals surface area contributed by atoms with Crippen LogP contribution in [0.15, 0.2) is 17.1 Å². The highest BCUT2D eigenvalue weighted by Gasteiger charge is 2.17. The van der Waals surface area contributed by atoms with Crippen LogP contribution in [0.2, 0.25) is 0 Å². The van der Waals surface area contributed by atoms with Crippen LogP contribution in [0, 0.1) is 0 Å². The van der Waals surface area contributed by atoms with E-state index in [0.717, 1.165) is 17.8 Å². The van der Waals surface area contributed by atoms with E-state index in [0.29, 0.717) is 6.54 Å². The summed E-state index contributed by atoms with van der Waals surface area (Å²) in [6.45, 7) is 8.15. The summed E-state index contributed by atoms with van der Waals surface area (Å²) in [5.41, 5.74) is 4.36. The van der Waals surface area contributed by atoms with Gasteiger partial charge in [-0.2, -0.15) is 0 Å². The van der Waals surface area contributed by atoms with E-state index in [1.165, 1.54) is 0 Å². The van der Waals surface area contributed by atoms with Crippen LogP contribution in [0.4, 0.5) is 4.79 Å². The van der Waals surface area contributed by atoms with E-state index in [1.807, 2.05) is 27.7 Å². The fourth-order valence-corrected chi connectivity index (χ4v) is 1.18. The van der Waals surface area contributed by atoms with Crippen molar-refractivity contribution >= 4 is 6.09 Å². The molecule has 0 saturated carbocycles. The van der Waals surface area contributed by atoms with Gasteiger partial charge < -0.3 is 10.1 Å². The number of carbonyl (C=O) groups is 1. The molecule has 0 aromatic carbocycles. The van der Waals surface area contributed by atoms with Crippen molar-refractivity contribution in [3.63, 3.8) is 0 Å². The maximum Gasteiger partial charge on any atom is 0.412 e. The van der Waals surface area contributed by atoms with Gasteiger partial charge in [0, 0.05) is 0 Å². The van der Waals surface area contributed by atoms with Crippen LogP contribution in [-0.4, -0.2) is 18.2 Å². The maximum atomic E-state index is 11.4. The highest BCUT2D eigenvalue weighted by molar-refractivity contribution is 5.70. The van der Waals surface area contributed by atoms with Gasteiger partial charge in [-0.05, 0) is 27.2 Å². The van der Waals surface area contributed by atoms with Gasteiger partial charge in [0.15, 0.2) is 0 Å². The predicted octanol–water partition coefficient (Wildman–Crippen LogP) is 1.89. The second-order valence-electron chi connectivity index (χ2n) is 4.42. The molecule has 0 aliphatic carbocycles. The molecule has 1 amide bonds. The summed E-state index contributed by atoms with van der Waals surface area (Å²) in [6.07, 6.45) is 0.462. The Labute approximate surface area is 90.4 Å². The van der Waals surface area contributed by atoms with Crippen LogP contribution >= 0.6 is 0 Å². The Kier molecular flexibility index (Phi) is 3.43. The molecule has 0 radical (unpaired) electrons. The van der Waals surface area contributed by atoms with E-state index in [4.69, 9.17) is 4.74 Å². The molecule has 0 aromatic rings. The molecule has 0 atom stereocenters. The van der Waals surface area contributed by atoms with Gasteiger partial charge in [0.05, 0.1) is 17.9 Å². The van der Waals surface area contributed by atoms with Crippen molar-refractivity contribution in [3.8, 4) is 0 Å². The average Bonchev–Trinajstić information content (AvgIpc) is 2.48. The van der Waals surface area contributed by atoms with E-state index in [-0.39, 0.29) is 0 Å². The van der Waals surface area contributed by atoms with Gasteiger partial charge >= 0.3 is 6.09 Å². The van der Waals surface area contributed by atoms with E-state index in [9.17, 15) is 4.79 Å². The van der Waals surface area contributed by atoms with Gasteiger partial charge in [-0.3, -0.25) is 5.32 Å². The molecule has 1 heterocycles. The number of ether oxygens (including phenoxy) is 1. The molecule has 0 spiro atoms. The third-order valence-corrected chi connectivity index (χ3v) is 1.79. The fraction of sp³-hybridized carbons (Fsp3) is 0.636. The van der Waals surface area contributed by atoms with Crippen molar-refractivity contribution < 1.29 is 9.53 Å². The standard InChI is InChI=1S/C11H18N2O2/c1-5-8-6-9(7-12-8)13-10(14)15-11(2,3)4/h12H,5,7H2,1-4H3,(H,13,14). The Hall–Kier alpha value is -1.41. The number of hydrogen-bond acceptors (Lipinski definition) is 3. The first kappa shape index (κ1) is 11.7. The lowest BCUT2D eigenvalue weighted by Gasteiger charge is -2.19. The lowest BCUT2D eigenvalue weighted by Crippen LogP contribution is -2.33. The summed E-state index contributed by atoms with van der Waals surface area (Å²) in [4.78, 5) is 11.4. The van der Waals surface area contributed by atoms with E-state index < -0.39 is 11.7 Å². The SMILES string of the molecule is CCC1=C=C(NC(=O)OC(C)(C)C)CN1. The normalized spacial score (nSPS) is 15.2. The maximum absolute atomic E-state index is 11.4. The molecule has 4 heteroatoms. The van der Waals surface area contributed by atoms with Crippen LogP contribution in [0.25, 0.3) is 0 Å². The highest BCUT2D eigenvalue weighted by Crippen LogP contribution is 2.08. The molecule has 1 rings (SSSR count). The van der Waals surface area contributed by atoms with Crippen LogP contribution in [0.3, 0.4) is 0 Å². The first-order valence-electron chi connectivity index (χ1n) is 5.13. The largest absolute Gasteiger partial charge is 0.444 e. The zero-order chi connectivity index (χ0) is 11.5. The van der Waals surface area contributed by atoms with Gasteiger partial charge in [0.25, 0.3) is 0 Å². The molecule has 0 unspecified atom stereocenters. The number of alkyl carbamates (subject to hydrolysis) is 1. The molecule has 4 nitrogen and oxygen atoms in total. The van der Waals surface area contributed by atoms with Crippen molar-refractivity contribution in [1.29, 1.82) is 0 Å². The lowest BCUT2D eigenvalue weighted by molar-refractivity contribution is 0.0545. The van der Waals surface area contributed by atoms with Crippen LogP contribution < -0.4 is 10.6 Å². The fourth-order valence-electron chi connectivity index (χ4n) is 1.18. The molecule has 2 N–H and O–H groups in total. The van der Waals surface area contributed by atoms with Gasteiger partial charge in [-0.25, -0.2) is 4.79 Å². The Morgan fingerprint density at radius 2 is 2.27 bits per heavy atom. The molecule has 0 saturated heterocycles. The van der Waals surface area contributed by atoms with Crippen molar-refractivity contribution in [2.45, 2.75) is 39.7 Å². The van der Waals surface area contributed by atoms with Crippen molar-refractivity contribution in [2.24, 2.45) is 0 Å². The minimum Gasteiger partial charge on any atom is -0.444 e. The first-order chi connectivity index (χ1) is 6.90. The summed E-state index contributed by atoms with van der Waals surface area (Å²) >= 11 is 0. The third-order valence-electron chi connectivity index (χ3n) is 1.79. The number of rotatable bonds is 2. The monoisotopic (exact) mass is 210 g/mol. The van der Waals surface area contributed by atoms with Gasteiger partial charge in [-0.15, -0.1) is 0 Å². The molecule has 15 heavy (non-hydrogen) atoms. The molecular formula is C11H18N2O2. The topological polar surface area (TPSA) is 50.4 Å². The summed E-state index contributed by atoms with van der Waals surface area (Å²) in [7, 11) is 0. The summed E-state index contributed by atoms with van der Waals surface area (Å²) in [5.74, 6) is 0. The van der Waals surface area contributed by atoms with Gasteiger partial charge in [-0.1, -0.05) is 12.7 Å². The van der Waals surface area contributed by atoms with Crippen molar-refractivity contribution in [2.75, 3.05) is 6.54 Å². The van der Waals surface area contributed by atoms with E-state index in [1.54, 1.807) is 0 Å². The van der Waals surface area contributed by atoms with Crippen LogP contribution in [0.1, 0.15) is 34.1 Å². The quantitative estimate of drug-likeness (QED) is 0.684. The Morgan fingerprint density at radius 3 is 2.73 bits per heavy atom. The predicted molar refractivity (Wildman–Crippen MR) is 58.2 cm³/mol. The minimum absolute atomic E-state index is 0.427. The van der Waals surface area contributed by atoms with Gasteiger partial charge in [0.2, 0.25) is 0 Å². The second-order valence-corrected chi connectivity index (χ2v) is 4.42. The molecule has 0 bridgehead atoms. The van der Waals surface area contributed by atoms with Gasteiger partial charge in [0.1, 0.15) is 5.60 Å². The summed E-state index contributed by atoms with van der Waals surface area (Å²) in [6, 6.07) is 0. The minimum atomic E-state index is -0.464. The van der Waals surface area contributed by atoms with E-state index >= 15 is 0 Å². The summed E-state index contributed by atoms with van der Waals surface area (Å²) < 4.78 is 5.12. The number of carbonyl (C=O) groups excluding carboxylic acids is 1. The second kappa shape index (κ2) is 4.41. The zero-order valence-corrected chi connectivity index (χ0v) is 9.73. The lowest BCUT2D eigenvalue weighted by atomic mass is 10.2. The van der Waals surface area contributed by atoms with E-state index in [2.05, 4.69) is 16.4 Å². The Balaban J connectivity index is 2.50. The summed E-state index contributed by atoms with van der Waals surface area (Å²) in [5, 5.41) is 5.78. The molecular weight excluding hydrogens is 192 g/mol. The third kappa shape index (κ3) is 4.09. The zero-order valence-electron chi connectivity index (χ0n) is 9.73.